The normalized spacial score (nSPS) is 16.5. The first-order chi connectivity index (χ1) is 14.6. The molecule has 6 nitrogen and oxygen atoms in total. The summed E-state index contributed by atoms with van der Waals surface area (Å²) in [6, 6.07) is 17.7. The molecule has 1 fully saturated rings. The highest BCUT2D eigenvalue weighted by atomic mass is 16.5. The molecule has 0 spiro atoms. The SMILES string of the molecule is Cc1noc(C)c1COc1ccc(CC(=O)N2CCOC(c3ccccc3)C2)cc1. The van der Waals surface area contributed by atoms with Crippen LogP contribution in [0.1, 0.15) is 34.2 Å². The molecule has 0 saturated carbocycles. The van der Waals surface area contributed by atoms with E-state index in [1.807, 2.05) is 73.3 Å². The van der Waals surface area contributed by atoms with Gasteiger partial charge in [0.1, 0.15) is 24.2 Å². The van der Waals surface area contributed by atoms with Crippen molar-refractivity contribution >= 4 is 5.91 Å². The standard InChI is InChI=1S/C24H26N2O4/c1-17-22(18(2)30-25-17)16-29-21-10-8-19(9-11-21)14-24(27)26-12-13-28-23(15-26)20-6-4-3-5-7-20/h3-11,23H,12-16H2,1-2H3. The molecule has 0 bridgehead atoms. The van der Waals surface area contributed by atoms with Crippen LogP contribution < -0.4 is 4.74 Å². The van der Waals surface area contributed by atoms with Crippen molar-refractivity contribution in [3.63, 3.8) is 0 Å². The molecule has 1 unspecified atom stereocenters. The summed E-state index contributed by atoms with van der Waals surface area (Å²) in [4.78, 5) is 14.7. The smallest absolute Gasteiger partial charge is 0.227 e. The van der Waals surface area contributed by atoms with Gasteiger partial charge in [-0.05, 0) is 37.1 Å². The number of amides is 1. The first-order valence-electron chi connectivity index (χ1n) is 10.2. The Hall–Kier alpha value is -3.12. The Kier molecular flexibility index (Phi) is 6.14. The first kappa shape index (κ1) is 20.2. The molecule has 1 amide bonds. The number of benzene rings is 2. The van der Waals surface area contributed by atoms with Crippen molar-refractivity contribution < 1.29 is 18.8 Å². The fraction of sp³-hybridized carbons (Fsp3) is 0.333. The Balaban J connectivity index is 1.32. The molecule has 2 aromatic carbocycles. The maximum atomic E-state index is 12.8. The van der Waals surface area contributed by atoms with Gasteiger partial charge in [0.15, 0.2) is 0 Å². The second kappa shape index (κ2) is 9.13. The zero-order chi connectivity index (χ0) is 20.9. The van der Waals surface area contributed by atoms with Crippen molar-refractivity contribution in [2.75, 3.05) is 19.7 Å². The Morgan fingerprint density at radius 2 is 1.90 bits per heavy atom. The topological polar surface area (TPSA) is 64.8 Å². The number of carbonyl (C=O) groups excluding carboxylic acids is 1. The number of nitrogens with zero attached hydrogens (tertiary/aromatic N) is 2. The summed E-state index contributed by atoms with van der Waals surface area (Å²) < 4.78 is 16.9. The van der Waals surface area contributed by atoms with Gasteiger partial charge < -0.3 is 18.9 Å². The zero-order valence-electron chi connectivity index (χ0n) is 17.3. The lowest BCUT2D eigenvalue weighted by molar-refractivity contribution is -0.138. The number of aromatic nitrogens is 1. The van der Waals surface area contributed by atoms with E-state index in [4.69, 9.17) is 14.0 Å². The Labute approximate surface area is 176 Å². The second-order valence-corrected chi connectivity index (χ2v) is 7.52. The van der Waals surface area contributed by atoms with Crippen molar-refractivity contribution in [2.45, 2.75) is 33.0 Å². The number of carbonyl (C=O) groups is 1. The summed E-state index contributed by atoms with van der Waals surface area (Å²) in [5, 5.41) is 3.94. The van der Waals surface area contributed by atoms with Gasteiger partial charge in [0.05, 0.1) is 30.8 Å². The molecule has 1 aromatic heterocycles. The van der Waals surface area contributed by atoms with Crippen LogP contribution in [0.15, 0.2) is 59.1 Å². The van der Waals surface area contributed by atoms with Gasteiger partial charge in [-0.3, -0.25) is 4.79 Å². The molecule has 1 atom stereocenters. The lowest BCUT2D eigenvalue weighted by atomic mass is 10.1. The molecular weight excluding hydrogens is 380 g/mol. The predicted octanol–water partition coefficient (Wildman–Crippen LogP) is 4.01. The van der Waals surface area contributed by atoms with Crippen LogP contribution in [0.3, 0.4) is 0 Å². The summed E-state index contributed by atoms with van der Waals surface area (Å²) >= 11 is 0. The summed E-state index contributed by atoms with van der Waals surface area (Å²) in [6.45, 7) is 5.95. The van der Waals surface area contributed by atoms with E-state index in [2.05, 4.69) is 5.16 Å². The highest BCUT2D eigenvalue weighted by Crippen LogP contribution is 2.23. The molecular formula is C24H26N2O4. The van der Waals surface area contributed by atoms with Gasteiger partial charge in [0.2, 0.25) is 5.91 Å². The highest BCUT2D eigenvalue weighted by Gasteiger charge is 2.25. The van der Waals surface area contributed by atoms with Gasteiger partial charge in [-0.15, -0.1) is 0 Å². The molecule has 0 N–H and O–H groups in total. The van der Waals surface area contributed by atoms with Crippen LogP contribution >= 0.6 is 0 Å². The molecule has 30 heavy (non-hydrogen) atoms. The van der Waals surface area contributed by atoms with E-state index in [0.29, 0.717) is 32.7 Å². The third-order valence-electron chi connectivity index (χ3n) is 5.43. The molecule has 4 rings (SSSR count). The predicted molar refractivity (Wildman–Crippen MR) is 112 cm³/mol. The van der Waals surface area contributed by atoms with Crippen LogP contribution in [-0.4, -0.2) is 35.7 Å². The maximum absolute atomic E-state index is 12.8. The Morgan fingerprint density at radius 3 is 2.60 bits per heavy atom. The van der Waals surface area contributed by atoms with Crippen LogP contribution in [0.4, 0.5) is 0 Å². The minimum atomic E-state index is -0.0657. The summed E-state index contributed by atoms with van der Waals surface area (Å²) in [5.74, 6) is 1.64. The quantitative estimate of drug-likeness (QED) is 0.619. The molecule has 0 radical (unpaired) electrons. The lowest BCUT2D eigenvalue weighted by Crippen LogP contribution is -2.42. The fourth-order valence-corrected chi connectivity index (χ4v) is 3.60. The lowest BCUT2D eigenvalue weighted by Gasteiger charge is -2.33. The first-order valence-corrected chi connectivity index (χ1v) is 10.2. The number of morpholine rings is 1. The van der Waals surface area contributed by atoms with E-state index in [-0.39, 0.29) is 12.0 Å². The van der Waals surface area contributed by atoms with Crippen molar-refractivity contribution in [2.24, 2.45) is 0 Å². The van der Waals surface area contributed by atoms with Crippen LogP contribution in [0.5, 0.6) is 5.75 Å². The summed E-state index contributed by atoms with van der Waals surface area (Å²) in [7, 11) is 0. The van der Waals surface area contributed by atoms with E-state index in [9.17, 15) is 4.79 Å². The number of rotatable bonds is 6. The molecule has 1 aliphatic heterocycles. The van der Waals surface area contributed by atoms with Crippen LogP contribution in [0.2, 0.25) is 0 Å². The molecule has 1 aliphatic rings. The van der Waals surface area contributed by atoms with Crippen LogP contribution in [-0.2, 0) is 22.6 Å². The third kappa shape index (κ3) is 4.71. The molecule has 3 aromatic rings. The average Bonchev–Trinajstić information content (AvgIpc) is 3.11. The Bertz CT molecular complexity index is 963. The molecule has 6 heteroatoms. The zero-order valence-corrected chi connectivity index (χ0v) is 17.3. The number of hydrogen-bond acceptors (Lipinski definition) is 5. The van der Waals surface area contributed by atoms with Crippen LogP contribution in [0, 0.1) is 13.8 Å². The largest absolute Gasteiger partial charge is 0.489 e. The minimum absolute atomic E-state index is 0.0657. The van der Waals surface area contributed by atoms with Gasteiger partial charge in [-0.2, -0.15) is 0 Å². The van der Waals surface area contributed by atoms with Gasteiger partial charge in [-0.1, -0.05) is 47.6 Å². The molecule has 0 aliphatic carbocycles. The average molecular weight is 406 g/mol. The highest BCUT2D eigenvalue weighted by molar-refractivity contribution is 5.79. The van der Waals surface area contributed by atoms with Gasteiger partial charge >= 0.3 is 0 Å². The van der Waals surface area contributed by atoms with Crippen molar-refractivity contribution in [1.82, 2.24) is 10.1 Å². The van der Waals surface area contributed by atoms with Crippen molar-refractivity contribution in [3.05, 3.63) is 82.7 Å². The van der Waals surface area contributed by atoms with E-state index in [1.165, 1.54) is 0 Å². The summed E-state index contributed by atoms with van der Waals surface area (Å²) in [5.41, 5.74) is 3.88. The number of ether oxygens (including phenoxy) is 2. The minimum Gasteiger partial charge on any atom is -0.489 e. The van der Waals surface area contributed by atoms with Crippen LogP contribution in [0.25, 0.3) is 0 Å². The van der Waals surface area contributed by atoms with Gasteiger partial charge in [0, 0.05) is 6.54 Å². The van der Waals surface area contributed by atoms with Crippen molar-refractivity contribution in [1.29, 1.82) is 0 Å². The van der Waals surface area contributed by atoms with Gasteiger partial charge in [-0.25, -0.2) is 0 Å². The number of hydrogen-bond donors (Lipinski definition) is 0. The molecule has 2 heterocycles. The fourth-order valence-electron chi connectivity index (χ4n) is 3.60. The van der Waals surface area contributed by atoms with E-state index >= 15 is 0 Å². The van der Waals surface area contributed by atoms with Gasteiger partial charge in [0.25, 0.3) is 0 Å². The van der Waals surface area contributed by atoms with E-state index in [1.54, 1.807) is 0 Å². The third-order valence-corrected chi connectivity index (χ3v) is 5.43. The monoisotopic (exact) mass is 406 g/mol. The molecule has 1 saturated heterocycles. The molecule has 156 valence electrons. The van der Waals surface area contributed by atoms with Crippen molar-refractivity contribution in [3.8, 4) is 5.75 Å². The van der Waals surface area contributed by atoms with E-state index < -0.39 is 0 Å². The maximum Gasteiger partial charge on any atom is 0.227 e. The van der Waals surface area contributed by atoms with E-state index in [0.717, 1.165) is 33.9 Å². The Morgan fingerprint density at radius 1 is 1.13 bits per heavy atom. The second-order valence-electron chi connectivity index (χ2n) is 7.52. The number of aryl methyl sites for hydroxylation is 2. The summed E-state index contributed by atoms with van der Waals surface area (Å²) in [6.07, 6.45) is 0.301.